The molecule has 220 valence electrons. The monoisotopic (exact) mass is 576 g/mol. The van der Waals surface area contributed by atoms with Gasteiger partial charge in [-0.05, 0) is 48.2 Å². The van der Waals surface area contributed by atoms with Crippen LogP contribution in [0.5, 0.6) is 5.75 Å². The van der Waals surface area contributed by atoms with E-state index in [1.54, 1.807) is 60.7 Å². The molecule has 0 aliphatic rings. The number of ether oxygens (including phenoxy) is 1. The molecule has 7 heteroatoms. The molecule has 43 heavy (non-hydrogen) atoms. The van der Waals surface area contributed by atoms with Crippen molar-refractivity contribution < 1.29 is 24.2 Å². The molecule has 3 N–H and O–H groups in total. The van der Waals surface area contributed by atoms with Crippen molar-refractivity contribution in [2.24, 2.45) is 0 Å². The highest BCUT2D eigenvalue weighted by atomic mass is 16.5. The van der Waals surface area contributed by atoms with Crippen molar-refractivity contribution in [2.45, 2.75) is 31.7 Å². The van der Waals surface area contributed by atoms with E-state index in [4.69, 9.17) is 4.74 Å². The lowest BCUT2D eigenvalue weighted by molar-refractivity contribution is -0.137. The maximum Gasteiger partial charge on any atom is 0.326 e. The summed E-state index contributed by atoms with van der Waals surface area (Å²) >= 11 is 0. The molecule has 4 aromatic rings. The highest BCUT2D eigenvalue weighted by Crippen LogP contribution is 2.22. The molecule has 0 saturated heterocycles. The van der Waals surface area contributed by atoms with Gasteiger partial charge in [0.25, 0.3) is 0 Å². The van der Waals surface area contributed by atoms with Crippen LogP contribution in [0.1, 0.15) is 39.9 Å². The van der Waals surface area contributed by atoms with Gasteiger partial charge in [-0.1, -0.05) is 97.1 Å². The number of para-hydroxylation sites is 1. The van der Waals surface area contributed by atoms with Gasteiger partial charge in [-0.25, -0.2) is 4.79 Å². The van der Waals surface area contributed by atoms with Crippen molar-refractivity contribution in [1.82, 2.24) is 5.32 Å². The van der Waals surface area contributed by atoms with Crippen LogP contribution in [0.25, 0.3) is 0 Å². The third kappa shape index (κ3) is 10.0. The SMILES string of the molecule is O=C(CCC=CCc1ccccc1)NCCOc1ccc(C[C@H](Nc2ccccc2C(=O)c2ccccc2)C(=O)O)cc1. The number of carboxylic acid groups (broad SMARTS) is 1. The van der Waals surface area contributed by atoms with E-state index in [0.717, 1.165) is 12.0 Å². The number of rotatable bonds is 16. The molecule has 4 rings (SSSR count). The van der Waals surface area contributed by atoms with E-state index in [1.165, 1.54) is 5.56 Å². The first-order valence-corrected chi connectivity index (χ1v) is 14.3. The van der Waals surface area contributed by atoms with Gasteiger partial charge in [0.1, 0.15) is 18.4 Å². The first-order chi connectivity index (χ1) is 21.0. The Morgan fingerprint density at radius 1 is 0.767 bits per heavy atom. The van der Waals surface area contributed by atoms with Crippen LogP contribution in [0, 0.1) is 0 Å². The van der Waals surface area contributed by atoms with Gasteiger partial charge < -0.3 is 20.5 Å². The Morgan fingerprint density at radius 3 is 2.16 bits per heavy atom. The van der Waals surface area contributed by atoms with Crippen LogP contribution in [0.4, 0.5) is 5.69 Å². The number of carbonyl (C=O) groups excluding carboxylic acids is 2. The molecule has 0 aliphatic heterocycles. The van der Waals surface area contributed by atoms with Crippen LogP contribution in [0.15, 0.2) is 121 Å². The molecule has 4 aromatic carbocycles. The van der Waals surface area contributed by atoms with E-state index >= 15 is 0 Å². The van der Waals surface area contributed by atoms with Gasteiger partial charge in [0.05, 0.1) is 6.54 Å². The number of hydrogen-bond donors (Lipinski definition) is 3. The minimum atomic E-state index is -1.02. The van der Waals surface area contributed by atoms with Crippen molar-refractivity contribution in [3.05, 3.63) is 144 Å². The summed E-state index contributed by atoms with van der Waals surface area (Å²) in [5.41, 5.74) is 3.45. The van der Waals surface area contributed by atoms with Gasteiger partial charge in [-0.15, -0.1) is 0 Å². The number of carbonyl (C=O) groups is 3. The van der Waals surface area contributed by atoms with E-state index in [2.05, 4.69) is 28.8 Å². The summed E-state index contributed by atoms with van der Waals surface area (Å²) in [6.45, 7) is 0.709. The average molecular weight is 577 g/mol. The molecule has 1 atom stereocenters. The summed E-state index contributed by atoms with van der Waals surface area (Å²) in [6, 6.07) is 32.2. The fraction of sp³-hybridized carbons (Fsp3) is 0.194. The molecule has 7 nitrogen and oxygen atoms in total. The Labute approximate surface area is 252 Å². The van der Waals surface area contributed by atoms with Gasteiger partial charge in [0.2, 0.25) is 5.91 Å². The second-order valence-electron chi connectivity index (χ2n) is 10.0. The van der Waals surface area contributed by atoms with E-state index in [0.29, 0.717) is 48.6 Å². The van der Waals surface area contributed by atoms with Crippen LogP contribution in [-0.4, -0.2) is 42.0 Å². The van der Waals surface area contributed by atoms with Crippen LogP contribution in [0.3, 0.4) is 0 Å². The highest BCUT2D eigenvalue weighted by molar-refractivity contribution is 6.12. The molecule has 0 bridgehead atoms. The molecular weight excluding hydrogens is 540 g/mol. The van der Waals surface area contributed by atoms with Crippen molar-refractivity contribution in [3.63, 3.8) is 0 Å². The maximum atomic E-state index is 13.0. The van der Waals surface area contributed by atoms with Crippen LogP contribution in [-0.2, 0) is 22.4 Å². The fourth-order valence-corrected chi connectivity index (χ4v) is 4.51. The Hall–Kier alpha value is -5.17. The number of amides is 1. The predicted octanol–water partition coefficient (Wildman–Crippen LogP) is 6.10. The number of ketones is 1. The summed E-state index contributed by atoms with van der Waals surface area (Å²) in [7, 11) is 0. The average Bonchev–Trinajstić information content (AvgIpc) is 3.04. The lowest BCUT2D eigenvalue weighted by Gasteiger charge is -2.18. The first kappa shape index (κ1) is 30.8. The number of carboxylic acids is 1. The smallest absolute Gasteiger partial charge is 0.326 e. The van der Waals surface area contributed by atoms with Gasteiger partial charge in [-0.3, -0.25) is 9.59 Å². The van der Waals surface area contributed by atoms with Gasteiger partial charge in [0, 0.05) is 29.7 Å². The fourth-order valence-electron chi connectivity index (χ4n) is 4.51. The number of nitrogens with one attached hydrogen (secondary N) is 2. The van der Waals surface area contributed by atoms with Crippen molar-refractivity contribution in [3.8, 4) is 5.75 Å². The Morgan fingerprint density at radius 2 is 1.44 bits per heavy atom. The van der Waals surface area contributed by atoms with Crippen molar-refractivity contribution in [2.75, 3.05) is 18.5 Å². The maximum absolute atomic E-state index is 13.0. The summed E-state index contributed by atoms with van der Waals surface area (Å²) < 4.78 is 5.74. The molecule has 0 unspecified atom stereocenters. The summed E-state index contributed by atoms with van der Waals surface area (Å²) in [5.74, 6) is -0.603. The highest BCUT2D eigenvalue weighted by Gasteiger charge is 2.21. The minimum Gasteiger partial charge on any atom is -0.492 e. The van der Waals surface area contributed by atoms with Gasteiger partial charge in [0.15, 0.2) is 5.78 Å². The molecule has 0 radical (unpaired) electrons. The third-order valence-corrected chi connectivity index (χ3v) is 6.79. The minimum absolute atomic E-state index is 0.0254. The summed E-state index contributed by atoms with van der Waals surface area (Å²) in [5, 5.41) is 15.8. The largest absolute Gasteiger partial charge is 0.492 e. The van der Waals surface area contributed by atoms with E-state index in [9.17, 15) is 19.5 Å². The lowest BCUT2D eigenvalue weighted by atomic mass is 10.00. The molecule has 0 saturated carbocycles. The number of benzene rings is 4. The van der Waals surface area contributed by atoms with Gasteiger partial charge >= 0.3 is 5.97 Å². The quantitative estimate of drug-likeness (QED) is 0.0846. The third-order valence-electron chi connectivity index (χ3n) is 6.79. The zero-order chi connectivity index (χ0) is 30.3. The Kier molecular flexibility index (Phi) is 11.7. The van der Waals surface area contributed by atoms with Crippen LogP contribution in [0.2, 0.25) is 0 Å². The topological polar surface area (TPSA) is 105 Å². The number of hydrogen-bond acceptors (Lipinski definition) is 5. The Balaban J connectivity index is 1.21. The first-order valence-electron chi connectivity index (χ1n) is 14.3. The zero-order valence-corrected chi connectivity index (χ0v) is 23.9. The van der Waals surface area contributed by atoms with E-state index < -0.39 is 12.0 Å². The lowest BCUT2D eigenvalue weighted by Crippen LogP contribution is -2.32. The number of aliphatic carboxylic acids is 1. The van der Waals surface area contributed by atoms with Crippen LogP contribution < -0.4 is 15.4 Å². The van der Waals surface area contributed by atoms with Crippen LogP contribution >= 0.6 is 0 Å². The Bertz CT molecular complexity index is 1500. The molecule has 1 amide bonds. The zero-order valence-electron chi connectivity index (χ0n) is 23.9. The standard InChI is InChI=1S/C36H36N2O5/c39-34(19-9-2-6-14-27-12-4-1-5-13-27)37-24-25-43-30-22-20-28(21-23-30)26-33(36(41)42)38-32-18-11-10-17-31(32)35(40)29-15-7-3-8-16-29/h1-8,10-13,15-18,20-23,33,38H,9,14,19,24-26H2,(H,37,39)(H,41,42)/t33-/m0/s1. The van der Waals surface area contributed by atoms with E-state index in [1.807, 2.05) is 42.5 Å². The molecule has 0 fully saturated rings. The number of anilines is 1. The van der Waals surface area contributed by atoms with Crippen molar-refractivity contribution in [1.29, 1.82) is 0 Å². The molecule has 0 aromatic heterocycles. The number of allylic oxidation sites excluding steroid dienone is 2. The predicted molar refractivity (Wildman–Crippen MR) is 169 cm³/mol. The molecular formula is C36H36N2O5. The normalized spacial score (nSPS) is 11.5. The second-order valence-corrected chi connectivity index (χ2v) is 10.0. The molecule has 0 spiro atoms. The summed E-state index contributed by atoms with van der Waals surface area (Å²) in [6.07, 6.45) is 6.27. The summed E-state index contributed by atoms with van der Waals surface area (Å²) in [4.78, 5) is 37.2. The second kappa shape index (κ2) is 16.3. The van der Waals surface area contributed by atoms with Crippen molar-refractivity contribution >= 4 is 23.3 Å². The molecule has 0 aliphatic carbocycles. The molecule has 0 heterocycles. The van der Waals surface area contributed by atoms with E-state index in [-0.39, 0.29) is 18.1 Å². The van der Waals surface area contributed by atoms with Gasteiger partial charge in [-0.2, -0.15) is 0 Å².